The largest absolute Gasteiger partial charge is 0.493 e. The highest BCUT2D eigenvalue weighted by Crippen LogP contribution is 2.39. The first-order valence-electron chi connectivity index (χ1n) is 8.06. The maximum Gasteiger partial charge on any atom is 0.341 e. The van der Waals surface area contributed by atoms with Crippen LogP contribution in [0.15, 0.2) is 45.8 Å². The first kappa shape index (κ1) is 21.2. The molecule has 0 saturated carbocycles. The number of carboxylic acid groups (broad SMARTS) is 1. The quantitative estimate of drug-likeness (QED) is 0.571. The van der Waals surface area contributed by atoms with Crippen LogP contribution in [0.1, 0.15) is 5.56 Å². The Bertz CT molecular complexity index is 1040. The number of hydrogen-bond donors (Lipinski definition) is 1. The molecule has 0 spiro atoms. The normalized spacial score (nSPS) is 15.1. The number of halogens is 2. The van der Waals surface area contributed by atoms with E-state index in [1.54, 1.807) is 30.3 Å². The summed E-state index contributed by atoms with van der Waals surface area (Å²) in [4.78, 5) is 37.1. The van der Waals surface area contributed by atoms with Crippen LogP contribution in [-0.4, -0.2) is 35.9 Å². The van der Waals surface area contributed by atoms with Crippen LogP contribution < -0.4 is 14.4 Å². The van der Waals surface area contributed by atoms with Crippen molar-refractivity contribution in [2.45, 2.75) is 0 Å². The van der Waals surface area contributed by atoms with E-state index in [9.17, 15) is 14.4 Å². The Morgan fingerprint density at radius 3 is 2.69 bits per heavy atom. The summed E-state index contributed by atoms with van der Waals surface area (Å²) in [6.07, 6.45) is 1.54. The van der Waals surface area contributed by atoms with E-state index in [0.717, 1.165) is 16.7 Å². The fourth-order valence-corrected chi connectivity index (χ4v) is 3.97. The molecule has 0 radical (unpaired) electrons. The molecule has 3 rings (SSSR count). The molecule has 2 amide bonds. The number of nitrogens with zero attached hydrogens (tertiary/aromatic N) is 1. The highest BCUT2D eigenvalue weighted by atomic mass is 79.9. The second-order valence-electron chi connectivity index (χ2n) is 5.70. The zero-order valence-corrected chi connectivity index (χ0v) is 18.0. The Hall–Kier alpha value is -2.49. The maximum atomic E-state index is 12.8. The summed E-state index contributed by atoms with van der Waals surface area (Å²) < 4.78 is 11.0. The van der Waals surface area contributed by atoms with Crippen molar-refractivity contribution in [3.8, 4) is 11.5 Å². The van der Waals surface area contributed by atoms with Crippen LogP contribution in [0.5, 0.6) is 11.5 Å². The third kappa shape index (κ3) is 4.75. The Kier molecular flexibility index (Phi) is 6.51. The third-order valence-electron chi connectivity index (χ3n) is 3.78. The monoisotopic (exact) mass is 497 g/mol. The van der Waals surface area contributed by atoms with Gasteiger partial charge in [0.05, 0.1) is 17.7 Å². The highest BCUT2D eigenvalue weighted by molar-refractivity contribution is 9.10. The lowest BCUT2D eigenvalue weighted by atomic mass is 10.1. The van der Waals surface area contributed by atoms with Crippen molar-refractivity contribution in [1.82, 2.24) is 0 Å². The van der Waals surface area contributed by atoms with Crippen molar-refractivity contribution in [2.24, 2.45) is 0 Å². The van der Waals surface area contributed by atoms with Gasteiger partial charge in [-0.25, -0.2) is 9.69 Å². The van der Waals surface area contributed by atoms with Gasteiger partial charge in [-0.2, -0.15) is 0 Å². The van der Waals surface area contributed by atoms with Crippen LogP contribution in [0.25, 0.3) is 6.08 Å². The molecule has 1 fully saturated rings. The van der Waals surface area contributed by atoms with E-state index in [2.05, 4.69) is 15.9 Å². The second-order valence-corrected chi connectivity index (χ2v) is 7.99. The molecule has 1 aliphatic rings. The molecule has 0 unspecified atom stereocenters. The molecule has 1 N–H and O–H groups in total. The van der Waals surface area contributed by atoms with Crippen molar-refractivity contribution < 1.29 is 29.0 Å². The van der Waals surface area contributed by atoms with E-state index >= 15 is 0 Å². The maximum absolute atomic E-state index is 12.8. The van der Waals surface area contributed by atoms with Crippen molar-refractivity contribution >= 4 is 68.2 Å². The minimum atomic E-state index is -1.12. The summed E-state index contributed by atoms with van der Waals surface area (Å²) in [5.74, 6) is -1.08. The number of anilines is 1. The van der Waals surface area contributed by atoms with Gasteiger partial charge < -0.3 is 14.6 Å². The molecule has 10 heteroatoms. The summed E-state index contributed by atoms with van der Waals surface area (Å²) >= 11 is 10.1. The van der Waals surface area contributed by atoms with E-state index in [1.807, 2.05) is 0 Å². The summed E-state index contributed by atoms with van der Waals surface area (Å²) in [5.41, 5.74) is 0.943. The van der Waals surface area contributed by atoms with Crippen molar-refractivity contribution in [3.63, 3.8) is 0 Å². The number of carbonyl (C=O) groups excluding carboxylic acids is 2. The Balaban J connectivity index is 1.92. The molecule has 1 saturated heterocycles. The number of imide groups is 1. The van der Waals surface area contributed by atoms with E-state index in [4.69, 9.17) is 26.2 Å². The minimum absolute atomic E-state index is 0.219. The van der Waals surface area contributed by atoms with Gasteiger partial charge in [-0.3, -0.25) is 9.59 Å². The number of carbonyl (C=O) groups is 3. The van der Waals surface area contributed by atoms with Gasteiger partial charge in [-0.1, -0.05) is 33.6 Å². The lowest BCUT2D eigenvalue weighted by Gasteiger charge is -2.13. The van der Waals surface area contributed by atoms with Crippen LogP contribution in [0.3, 0.4) is 0 Å². The molecule has 0 aromatic heterocycles. The van der Waals surface area contributed by atoms with Crippen molar-refractivity contribution in [3.05, 3.63) is 56.4 Å². The molecule has 2 aromatic rings. The summed E-state index contributed by atoms with van der Waals surface area (Å²) in [6.45, 7) is -0.527. The second kappa shape index (κ2) is 8.89. The topological polar surface area (TPSA) is 93.1 Å². The van der Waals surface area contributed by atoms with Gasteiger partial charge >= 0.3 is 5.97 Å². The van der Waals surface area contributed by atoms with Gasteiger partial charge in [0.1, 0.15) is 0 Å². The van der Waals surface area contributed by atoms with Gasteiger partial charge in [-0.05, 0) is 53.7 Å². The standard InChI is InChI=1S/C19H13BrClNO6S/c1-27-14-5-10(13(20)8-15(14)28-9-17(23)24)6-16-18(25)22(19(26)29-16)12-4-2-3-11(21)7-12/h2-8H,9H2,1H3,(H,23,24)/b16-6+. The molecule has 150 valence electrons. The van der Waals surface area contributed by atoms with E-state index < -0.39 is 23.7 Å². The molecule has 0 bridgehead atoms. The number of hydrogen-bond acceptors (Lipinski definition) is 6. The van der Waals surface area contributed by atoms with Gasteiger partial charge in [0.2, 0.25) is 0 Å². The first-order chi connectivity index (χ1) is 13.8. The van der Waals surface area contributed by atoms with Gasteiger partial charge in [0, 0.05) is 9.50 Å². The number of aliphatic carboxylic acids is 1. The third-order valence-corrected chi connectivity index (χ3v) is 5.57. The van der Waals surface area contributed by atoms with Gasteiger partial charge in [0.15, 0.2) is 18.1 Å². The van der Waals surface area contributed by atoms with E-state index in [-0.39, 0.29) is 16.4 Å². The fourth-order valence-electron chi connectivity index (χ4n) is 2.52. The summed E-state index contributed by atoms with van der Waals surface area (Å²) in [5, 5.41) is 8.74. The van der Waals surface area contributed by atoms with Crippen LogP contribution >= 0.6 is 39.3 Å². The molecule has 7 nitrogen and oxygen atoms in total. The highest BCUT2D eigenvalue weighted by Gasteiger charge is 2.36. The van der Waals surface area contributed by atoms with Gasteiger partial charge in [-0.15, -0.1) is 0 Å². The van der Waals surface area contributed by atoms with Gasteiger partial charge in [0.25, 0.3) is 11.1 Å². The lowest BCUT2D eigenvalue weighted by Crippen LogP contribution is -2.27. The SMILES string of the molecule is COc1cc(/C=C2/SC(=O)N(c3cccc(Cl)c3)C2=O)c(Br)cc1OCC(=O)O. The summed E-state index contributed by atoms with van der Waals surface area (Å²) in [6, 6.07) is 9.58. The number of benzene rings is 2. The zero-order chi connectivity index (χ0) is 21.1. The predicted molar refractivity (Wildman–Crippen MR) is 114 cm³/mol. The average molecular weight is 499 g/mol. The number of rotatable bonds is 6. The minimum Gasteiger partial charge on any atom is -0.493 e. The smallest absolute Gasteiger partial charge is 0.341 e. The van der Waals surface area contributed by atoms with Crippen LogP contribution in [0, 0.1) is 0 Å². The van der Waals surface area contributed by atoms with Crippen LogP contribution in [-0.2, 0) is 9.59 Å². The van der Waals surface area contributed by atoms with Crippen LogP contribution in [0.2, 0.25) is 5.02 Å². The summed E-state index contributed by atoms with van der Waals surface area (Å²) in [7, 11) is 1.41. The van der Waals surface area contributed by atoms with Crippen molar-refractivity contribution in [1.29, 1.82) is 0 Å². The molecule has 1 aliphatic heterocycles. The Labute approximate surface area is 183 Å². The van der Waals surface area contributed by atoms with Crippen molar-refractivity contribution in [2.75, 3.05) is 18.6 Å². The van der Waals surface area contributed by atoms with E-state index in [1.165, 1.54) is 19.2 Å². The van der Waals surface area contributed by atoms with Crippen LogP contribution in [0.4, 0.5) is 10.5 Å². The average Bonchev–Trinajstić information content (AvgIpc) is 2.94. The zero-order valence-electron chi connectivity index (χ0n) is 14.8. The Morgan fingerprint density at radius 1 is 1.28 bits per heavy atom. The Morgan fingerprint density at radius 2 is 2.03 bits per heavy atom. The molecular weight excluding hydrogens is 486 g/mol. The molecule has 1 heterocycles. The number of ether oxygens (including phenoxy) is 2. The number of methoxy groups -OCH3 is 1. The molecule has 0 atom stereocenters. The predicted octanol–water partition coefficient (Wildman–Crippen LogP) is 4.82. The fraction of sp³-hybridized carbons (Fsp3) is 0.105. The molecular formula is C19H13BrClNO6S. The number of amides is 2. The molecule has 0 aliphatic carbocycles. The molecule has 29 heavy (non-hydrogen) atoms. The lowest BCUT2D eigenvalue weighted by molar-refractivity contribution is -0.139. The number of thioether (sulfide) groups is 1. The first-order valence-corrected chi connectivity index (χ1v) is 10.0. The molecule has 2 aromatic carbocycles. The number of carboxylic acids is 1. The van der Waals surface area contributed by atoms with E-state index in [0.29, 0.717) is 20.7 Å².